The highest BCUT2D eigenvalue weighted by atomic mass is 16.6. The molecule has 0 bridgehead atoms. The van der Waals surface area contributed by atoms with Crippen LogP contribution < -0.4 is 5.49 Å². The molecular formula is C10H14N2O3. The third kappa shape index (κ3) is 3.84. The van der Waals surface area contributed by atoms with E-state index in [2.05, 4.69) is 4.99 Å². The van der Waals surface area contributed by atoms with Gasteiger partial charge in [-0.2, -0.15) is 9.72 Å². The average Bonchev–Trinajstić information content (AvgIpc) is 2.05. The van der Waals surface area contributed by atoms with Crippen molar-refractivity contribution in [3.05, 3.63) is 29.9 Å². The number of carbonyl (C=O) groups is 1. The van der Waals surface area contributed by atoms with Crippen LogP contribution in [0.15, 0.2) is 29.4 Å². The Morgan fingerprint density at radius 1 is 1.47 bits per heavy atom. The molecule has 0 spiro atoms. The van der Waals surface area contributed by atoms with Gasteiger partial charge in [0.15, 0.2) is 5.49 Å². The SMILES string of the molecule is CC(C)(C)OC(=O)N=c1ccccn1O. The maximum absolute atomic E-state index is 11.3. The molecule has 5 nitrogen and oxygen atoms in total. The number of hydrogen-bond donors (Lipinski definition) is 1. The van der Waals surface area contributed by atoms with Crippen LogP contribution in [0.2, 0.25) is 0 Å². The van der Waals surface area contributed by atoms with E-state index >= 15 is 0 Å². The molecule has 0 aliphatic carbocycles. The van der Waals surface area contributed by atoms with Crippen LogP contribution in [-0.4, -0.2) is 21.6 Å². The maximum atomic E-state index is 11.3. The molecule has 1 heterocycles. The second-order valence-electron chi connectivity index (χ2n) is 4.00. The number of hydrogen-bond acceptors (Lipinski definition) is 3. The summed E-state index contributed by atoms with van der Waals surface area (Å²) in [5, 5.41) is 9.27. The zero-order chi connectivity index (χ0) is 11.5. The second kappa shape index (κ2) is 4.16. The minimum Gasteiger partial charge on any atom is -0.442 e. The first-order valence-electron chi connectivity index (χ1n) is 4.53. The zero-order valence-corrected chi connectivity index (χ0v) is 8.97. The molecule has 0 atom stereocenters. The third-order valence-corrected chi connectivity index (χ3v) is 1.42. The fraction of sp³-hybridized carbons (Fsp3) is 0.400. The Hall–Kier alpha value is -1.78. The first-order valence-corrected chi connectivity index (χ1v) is 4.53. The zero-order valence-electron chi connectivity index (χ0n) is 8.97. The molecular weight excluding hydrogens is 196 g/mol. The third-order valence-electron chi connectivity index (χ3n) is 1.42. The minimum atomic E-state index is -0.725. The predicted octanol–water partition coefficient (Wildman–Crippen LogP) is 1.56. The minimum absolute atomic E-state index is 0.131. The quantitative estimate of drug-likeness (QED) is 0.661. The summed E-state index contributed by atoms with van der Waals surface area (Å²) < 4.78 is 5.72. The summed E-state index contributed by atoms with van der Waals surface area (Å²) in [6.07, 6.45) is 0.653. The number of carbonyl (C=O) groups excluding carboxylic acids is 1. The van der Waals surface area contributed by atoms with Crippen LogP contribution in [0.25, 0.3) is 0 Å². The Morgan fingerprint density at radius 2 is 2.13 bits per heavy atom. The summed E-state index contributed by atoms with van der Waals surface area (Å²) in [5.41, 5.74) is -0.456. The Bertz CT molecular complexity index is 415. The molecule has 1 amide bonds. The van der Waals surface area contributed by atoms with Crippen molar-refractivity contribution in [2.45, 2.75) is 26.4 Å². The van der Waals surface area contributed by atoms with Crippen molar-refractivity contribution < 1.29 is 14.7 Å². The number of rotatable bonds is 0. The van der Waals surface area contributed by atoms with Crippen molar-refractivity contribution in [1.82, 2.24) is 4.73 Å². The van der Waals surface area contributed by atoms with Crippen LogP contribution in [0.4, 0.5) is 4.79 Å². The molecule has 0 fully saturated rings. The molecule has 0 aliphatic rings. The van der Waals surface area contributed by atoms with Gasteiger partial charge < -0.3 is 9.94 Å². The first kappa shape index (κ1) is 11.3. The summed E-state index contributed by atoms with van der Waals surface area (Å²) in [6, 6.07) is 4.79. The van der Waals surface area contributed by atoms with Gasteiger partial charge in [0.2, 0.25) is 0 Å². The van der Waals surface area contributed by atoms with Crippen LogP contribution in [0.1, 0.15) is 20.8 Å². The number of nitrogens with zero attached hydrogens (tertiary/aromatic N) is 2. The smallest absolute Gasteiger partial charge is 0.436 e. The molecule has 15 heavy (non-hydrogen) atoms. The Labute approximate surface area is 87.6 Å². The van der Waals surface area contributed by atoms with E-state index in [4.69, 9.17) is 4.74 Å². The standard InChI is InChI=1S/C10H14N2O3/c1-10(2,3)15-9(13)11-8-6-4-5-7-12(8)14/h4-7,14H,1-3H3. The molecule has 82 valence electrons. The lowest BCUT2D eigenvalue weighted by atomic mass is 10.2. The van der Waals surface area contributed by atoms with E-state index in [1.807, 2.05) is 0 Å². The number of amides is 1. The molecule has 1 rings (SSSR count). The van der Waals surface area contributed by atoms with Crippen LogP contribution in [0, 0.1) is 0 Å². The highest BCUT2D eigenvalue weighted by molar-refractivity contribution is 5.68. The lowest BCUT2D eigenvalue weighted by Crippen LogP contribution is -2.25. The van der Waals surface area contributed by atoms with Crippen LogP contribution in [0.3, 0.4) is 0 Å². The van der Waals surface area contributed by atoms with Gasteiger partial charge in [0, 0.05) is 6.20 Å². The van der Waals surface area contributed by atoms with Gasteiger partial charge in [0.25, 0.3) is 0 Å². The first-order chi connectivity index (χ1) is 6.88. The van der Waals surface area contributed by atoms with E-state index in [0.29, 0.717) is 0 Å². The fourth-order valence-electron chi connectivity index (χ4n) is 0.892. The van der Waals surface area contributed by atoms with E-state index in [9.17, 15) is 10.0 Å². The fourth-order valence-corrected chi connectivity index (χ4v) is 0.892. The lowest BCUT2D eigenvalue weighted by molar-refractivity contribution is 0.0587. The van der Waals surface area contributed by atoms with Gasteiger partial charge in [-0.1, -0.05) is 6.07 Å². The summed E-state index contributed by atoms with van der Waals surface area (Å²) in [7, 11) is 0. The van der Waals surface area contributed by atoms with Crippen molar-refractivity contribution in [2.24, 2.45) is 4.99 Å². The van der Waals surface area contributed by atoms with Crippen LogP contribution in [0.5, 0.6) is 0 Å². The predicted molar refractivity (Wildman–Crippen MR) is 53.4 cm³/mol. The highest BCUT2D eigenvalue weighted by Gasteiger charge is 2.15. The average molecular weight is 210 g/mol. The van der Waals surface area contributed by atoms with Crippen molar-refractivity contribution in [1.29, 1.82) is 0 Å². The van der Waals surface area contributed by atoms with Gasteiger partial charge in [-0.25, -0.2) is 4.79 Å². The van der Waals surface area contributed by atoms with Gasteiger partial charge in [0.05, 0.1) is 0 Å². The topological polar surface area (TPSA) is 63.8 Å². The van der Waals surface area contributed by atoms with Crippen molar-refractivity contribution in [3.8, 4) is 0 Å². The lowest BCUT2D eigenvalue weighted by Gasteiger charge is -2.17. The molecule has 0 aromatic carbocycles. The molecule has 0 unspecified atom stereocenters. The van der Waals surface area contributed by atoms with E-state index in [0.717, 1.165) is 4.73 Å². The number of ether oxygens (including phenoxy) is 1. The Kier molecular flexibility index (Phi) is 3.14. The summed E-state index contributed by atoms with van der Waals surface area (Å²) in [5.74, 6) is 0. The van der Waals surface area contributed by atoms with Crippen molar-refractivity contribution in [2.75, 3.05) is 0 Å². The number of pyridine rings is 1. The van der Waals surface area contributed by atoms with Gasteiger partial charge in [-0.3, -0.25) is 0 Å². The van der Waals surface area contributed by atoms with E-state index in [-0.39, 0.29) is 5.49 Å². The highest BCUT2D eigenvalue weighted by Crippen LogP contribution is 2.07. The molecule has 1 aromatic heterocycles. The summed E-state index contributed by atoms with van der Waals surface area (Å²) in [6.45, 7) is 5.25. The van der Waals surface area contributed by atoms with Crippen molar-refractivity contribution >= 4 is 6.09 Å². The van der Waals surface area contributed by atoms with E-state index in [1.54, 1.807) is 32.9 Å². The van der Waals surface area contributed by atoms with Crippen LogP contribution >= 0.6 is 0 Å². The van der Waals surface area contributed by atoms with E-state index in [1.165, 1.54) is 12.3 Å². The molecule has 1 N–H and O–H groups in total. The van der Waals surface area contributed by atoms with Gasteiger partial charge in [-0.05, 0) is 32.9 Å². The molecule has 1 aromatic rings. The van der Waals surface area contributed by atoms with Gasteiger partial charge in [0.1, 0.15) is 5.60 Å². The summed E-state index contributed by atoms with van der Waals surface area (Å²) in [4.78, 5) is 14.9. The number of aromatic nitrogens is 1. The van der Waals surface area contributed by atoms with E-state index < -0.39 is 11.7 Å². The van der Waals surface area contributed by atoms with Crippen molar-refractivity contribution in [3.63, 3.8) is 0 Å². The van der Waals surface area contributed by atoms with Crippen LogP contribution in [-0.2, 0) is 4.74 Å². The molecule has 0 saturated heterocycles. The molecule has 0 aliphatic heterocycles. The normalized spacial score (nSPS) is 12.6. The molecule has 5 heteroatoms. The molecule has 0 saturated carbocycles. The second-order valence-corrected chi connectivity index (χ2v) is 4.00. The van der Waals surface area contributed by atoms with Gasteiger partial charge >= 0.3 is 6.09 Å². The molecule has 0 radical (unpaired) electrons. The largest absolute Gasteiger partial charge is 0.442 e. The summed E-state index contributed by atoms with van der Waals surface area (Å²) >= 11 is 0. The maximum Gasteiger partial charge on any atom is 0.436 e. The monoisotopic (exact) mass is 210 g/mol. The Morgan fingerprint density at radius 3 is 2.67 bits per heavy atom. The van der Waals surface area contributed by atoms with Gasteiger partial charge in [-0.15, -0.1) is 0 Å². The Balaban J connectivity index is 2.90.